The lowest BCUT2D eigenvalue weighted by Gasteiger charge is -2.14. The zero-order valence-electron chi connectivity index (χ0n) is 18.7. The molecule has 0 bridgehead atoms. The summed E-state index contributed by atoms with van der Waals surface area (Å²) < 4.78 is 0. The molecule has 4 aromatic rings. The van der Waals surface area contributed by atoms with Crippen molar-refractivity contribution in [1.82, 2.24) is 0 Å². The molecule has 0 aliphatic heterocycles. The van der Waals surface area contributed by atoms with Crippen molar-refractivity contribution in [2.45, 2.75) is 6.92 Å². The van der Waals surface area contributed by atoms with Crippen molar-refractivity contribution in [3.8, 4) is 11.1 Å². The first kappa shape index (κ1) is 22.4. The van der Waals surface area contributed by atoms with Gasteiger partial charge in [0.05, 0.1) is 0 Å². The normalized spacial score (nSPS) is 11.5. The van der Waals surface area contributed by atoms with Gasteiger partial charge in [0, 0.05) is 16.9 Å². The molecule has 1 nitrogen and oxygen atoms in total. The Hall–Kier alpha value is -3.75. The van der Waals surface area contributed by atoms with Gasteiger partial charge in [0.15, 0.2) is 0 Å². The Morgan fingerprint density at radius 1 is 0.788 bits per heavy atom. The Balaban J connectivity index is 1.65. The van der Waals surface area contributed by atoms with Crippen molar-refractivity contribution in [2.24, 2.45) is 0 Å². The second kappa shape index (κ2) is 10.7. The molecular weight excluding hydrogens is 418 g/mol. The highest BCUT2D eigenvalue weighted by Gasteiger charge is 2.07. The Bertz CT molecular complexity index is 1320. The van der Waals surface area contributed by atoms with Crippen LogP contribution in [-0.4, -0.2) is 0 Å². The van der Waals surface area contributed by atoms with E-state index in [0.717, 1.165) is 33.6 Å². The van der Waals surface area contributed by atoms with Crippen molar-refractivity contribution in [3.05, 3.63) is 144 Å². The number of hydrogen-bond donors (Lipinski definition) is 2. The van der Waals surface area contributed by atoms with Gasteiger partial charge in [-0.3, -0.25) is 0 Å². The minimum atomic E-state index is 0.966. The maximum atomic E-state index is 4.33. The van der Waals surface area contributed by atoms with Crippen LogP contribution in [0.15, 0.2) is 127 Å². The van der Waals surface area contributed by atoms with Crippen LogP contribution in [0, 0.1) is 6.92 Å². The number of allylic oxidation sites excluding steroid dienone is 4. The van der Waals surface area contributed by atoms with Crippen LogP contribution in [0.5, 0.6) is 0 Å². The lowest BCUT2D eigenvalue weighted by molar-refractivity contribution is 1.45. The number of benzene rings is 4. The molecule has 0 aliphatic rings. The van der Waals surface area contributed by atoms with Crippen LogP contribution in [-0.2, 0) is 0 Å². The minimum absolute atomic E-state index is 0.966. The summed E-state index contributed by atoms with van der Waals surface area (Å²) in [6, 6.07) is 35.6. The Morgan fingerprint density at radius 3 is 2.30 bits per heavy atom. The summed E-state index contributed by atoms with van der Waals surface area (Å²) in [6.07, 6.45) is 4.11. The summed E-state index contributed by atoms with van der Waals surface area (Å²) in [5.74, 6) is 0. The predicted molar refractivity (Wildman–Crippen MR) is 148 cm³/mol. The summed E-state index contributed by atoms with van der Waals surface area (Å²) in [7, 11) is 0. The lowest BCUT2D eigenvalue weighted by Crippen LogP contribution is -1.94. The molecule has 33 heavy (non-hydrogen) atoms. The standard InChI is InChI=1S/C31H27NS/c1-23-10-8-13-26(20-23)24(2)21-28(18-19-33)27-14-9-15-29(22-27)32-31-17-7-6-16-30(31)25-11-4-3-5-12-25/h3-22,32-33H,2H2,1H3/b19-18-,28-21+. The molecule has 0 atom stereocenters. The summed E-state index contributed by atoms with van der Waals surface area (Å²) in [5.41, 5.74) is 9.89. The van der Waals surface area contributed by atoms with E-state index >= 15 is 0 Å². The molecular formula is C31H27NS. The van der Waals surface area contributed by atoms with Gasteiger partial charge in [-0.2, -0.15) is 12.6 Å². The van der Waals surface area contributed by atoms with Gasteiger partial charge in [-0.15, -0.1) is 0 Å². The van der Waals surface area contributed by atoms with Crippen LogP contribution in [0.25, 0.3) is 22.3 Å². The largest absolute Gasteiger partial charge is 0.355 e. The van der Waals surface area contributed by atoms with Crippen molar-refractivity contribution in [2.75, 3.05) is 5.32 Å². The average Bonchev–Trinajstić information content (AvgIpc) is 2.85. The van der Waals surface area contributed by atoms with Crippen LogP contribution < -0.4 is 5.32 Å². The predicted octanol–water partition coefficient (Wildman–Crippen LogP) is 8.95. The van der Waals surface area contributed by atoms with Gasteiger partial charge < -0.3 is 5.32 Å². The molecule has 162 valence electrons. The van der Waals surface area contributed by atoms with Crippen molar-refractivity contribution in [3.63, 3.8) is 0 Å². The molecule has 0 heterocycles. The highest BCUT2D eigenvalue weighted by Crippen LogP contribution is 2.31. The fraction of sp³-hybridized carbons (Fsp3) is 0.0323. The van der Waals surface area contributed by atoms with Crippen molar-refractivity contribution in [1.29, 1.82) is 0 Å². The number of rotatable bonds is 7. The maximum absolute atomic E-state index is 4.33. The van der Waals surface area contributed by atoms with Crippen LogP contribution in [0.3, 0.4) is 0 Å². The lowest BCUT2D eigenvalue weighted by atomic mass is 9.98. The van der Waals surface area contributed by atoms with E-state index in [-0.39, 0.29) is 0 Å². The zero-order chi connectivity index (χ0) is 23.0. The quantitative estimate of drug-likeness (QED) is 0.214. The van der Waals surface area contributed by atoms with Crippen molar-refractivity contribution < 1.29 is 0 Å². The fourth-order valence-corrected chi connectivity index (χ4v) is 3.98. The second-order valence-corrected chi connectivity index (χ2v) is 8.23. The first-order chi connectivity index (χ1) is 16.1. The molecule has 2 heteroatoms. The molecule has 4 aromatic carbocycles. The van der Waals surface area contributed by atoms with E-state index in [0.29, 0.717) is 0 Å². The SMILES string of the molecule is C=C(/C=C(\C=C/S)c1cccc(Nc2ccccc2-c2ccccc2)c1)c1cccc(C)c1. The summed E-state index contributed by atoms with van der Waals surface area (Å²) in [4.78, 5) is 0. The molecule has 0 saturated heterocycles. The van der Waals surface area contributed by atoms with Crippen LogP contribution >= 0.6 is 12.6 Å². The highest BCUT2D eigenvalue weighted by molar-refractivity contribution is 7.83. The third-order valence-electron chi connectivity index (χ3n) is 5.46. The first-order valence-corrected chi connectivity index (χ1v) is 11.5. The third kappa shape index (κ3) is 5.74. The van der Waals surface area contributed by atoms with Gasteiger partial charge in [0.1, 0.15) is 0 Å². The fourth-order valence-electron chi connectivity index (χ4n) is 3.82. The third-order valence-corrected chi connectivity index (χ3v) is 5.61. The van der Waals surface area contributed by atoms with Crippen LogP contribution in [0.4, 0.5) is 11.4 Å². The Morgan fingerprint density at radius 2 is 1.52 bits per heavy atom. The van der Waals surface area contributed by atoms with E-state index in [4.69, 9.17) is 0 Å². The van der Waals surface area contributed by atoms with Gasteiger partial charge in [0.2, 0.25) is 0 Å². The van der Waals surface area contributed by atoms with Crippen LogP contribution in [0.1, 0.15) is 16.7 Å². The van der Waals surface area contributed by atoms with Crippen molar-refractivity contribution >= 4 is 35.1 Å². The number of thiol groups is 1. The van der Waals surface area contributed by atoms with Gasteiger partial charge in [0.25, 0.3) is 0 Å². The average molecular weight is 446 g/mol. The topological polar surface area (TPSA) is 12.0 Å². The number of nitrogens with one attached hydrogen (secondary N) is 1. The number of anilines is 2. The molecule has 0 amide bonds. The highest BCUT2D eigenvalue weighted by atomic mass is 32.1. The van der Waals surface area contributed by atoms with E-state index in [1.807, 2.05) is 12.1 Å². The molecule has 0 aromatic heterocycles. The molecule has 4 rings (SSSR count). The molecule has 0 unspecified atom stereocenters. The van der Waals surface area contributed by atoms with Gasteiger partial charge in [-0.25, -0.2) is 0 Å². The van der Waals surface area contributed by atoms with E-state index in [1.165, 1.54) is 16.7 Å². The Labute approximate surface area is 202 Å². The monoisotopic (exact) mass is 445 g/mol. The number of aryl methyl sites for hydroxylation is 1. The second-order valence-electron chi connectivity index (χ2n) is 7.93. The van der Waals surface area contributed by atoms with E-state index in [1.54, 1.807) is 5.41 Å². The van der Waals surface area contributed by atoms with E-state index in [2.05, 4.69) is 135 Å². The van der Waals surface area contributed by atoms with Crippen LogP contribution in [0.2, 0.25) is 0 Å². The Kier molecular flexibility index (Phi) is 7.29. The molecule has 1 N–H and O–H groups in total. The maximum Gasteiger partial charge on any atom is 0.0463 e. The molecule has 0 fully saturated rings. The summed E-state index contributed by atoms with van der Waals surface area (Å²) in [5, 5.41) is 5.37. The molecule has 0 saturated carbocycles. The molecule has 0 aliphatic carbocycles. The summed E-state index contributed by atoms with van der Waals surface area (Å²) >= 11 is 4.33. The van der Waals surface area contributed by atoms with Gasteiger partial charge in [-0.05, 0) is 70.5 Å². The van der Waals surface area contributed by atoms with E-state index in [9.17, 15) is 0 Å². The van der Waals surface area contributed by atoms with Gasteiger partial charge >= 0.3 is 0 Å². The zero-order valence-corrected chi connectivity index (χ0v) is 19.6. The number of hydrogen-bond acceptors (Lipinski definition) is 2. The first-order valence-electron chi connectivity index (χ1n) is 10.9. The minimum Gasteiger partial charge on any atom is -0.355 e. The van der Waals surface area contributed by atoms with E-state index < -0.39 is 0 Å². The number of para-hydroxylation sites is 1. The summed E-state index contributed by atoms with van der Waals surface area (Å²) in [6.45, 7) is 6.39. The smallest absolute Gasteiger partial charge is 0.0463 e. The molecule has 0 spiro atoms. The molecule has 0 radical (unpaired) electrons. The van der Waals surface area contributed by atoms with Gasteiger partial charge in [-0.1, -0.05) is 97.1 Å².